The zero-order valence-electron chi connectivity index (χ0n) is 17.4. The third-order valence-electron chi connectivity index (χ3n) is 4.92. The van der Waals surface area contributed by atoms with E-state index in [0.29, 0.717) is 13.0 Å². The summed E-state index contributed by atoms with van der Waals surface area (Å²) in [5.41, 5.74) is 2.12. The first-order valence-corrected chi connectivity index (χ1v) is 11.4. The molecule has 1 aromatic carbocycles. The zero-order chi connectivity index (χ0) is 20.5. The Kier molecular flexibility index (Phi) is 8.04. The Labute approximate surface area is 177 Å². The quantitative estimate of drug-likeness (QED) is 0.513. The third kappa shape index (κ3) is 6.29. The van der Waals surface area contributed by atoms with Crippen molar-refractivity contribution in [3.8, 4) is 0 Å². The lowest BCUT2D eigenvalue weighted by atomic mass is 10.1. The molecule has 2 aromatic rings. The number of carbonyl (C=O) groups is 1. The van der Waals surface area contributed by atoms with E-state index in [2.05, 4.69) is 41.6 Å². The Morgan fingerprint density at radius 1 is 1.21 bits per heavy atom. The van der Waals surface area contributed by atoms with Crippen molar-refractivity contribution in [2.24, 2.45) is 4.99 Å². The van der Waals surface area contributed by atoms with Crippen LogP contribution in [-0.4, -0.2) is 36.5 Å². The van der Waals surface area contributed by atoms with Crippen molar-refractivity contribution in [3.63, 3.8) is 0 Å². The number of guanidine groups is 1. The molecule has 2 N–H and O–H groups in total. The van der Waals surface area contributed by atoms with Crippen LogP contribution in [0.5, 0.6) is 0 Å². The highest BCUT2D eigenvalue weighted by Gasteiger charge is 2.19. The van der Waals surface area contributed by atoms with Crippen LogP contribution in [0.1, 0.15) is 48.6 Å². The van der Waals surface area contributed by atoms with E-state index in [4.69, 9.17) is 4.99 Å². The number of aliphatic imine (C=N–C) groups is 1. The highest BCUT2D eigenvalue weighted by molar-refractivity contribution is 7.11. The molecule has 0 unspecified atom stereocenters. The van der Waals surface area contributed by atoms with Gasteiger partial charge in [-0.15, -0.1) is 11.3 Å². The number of piperidine rings is 1. The summed E-state index contributed by atoms with van der Waals surface area (Å²) >= 11 is 1.78. The average Bonchev–Trinajstić information content (AvgIpc) is 3.21. The first-order valence-electron chi connectivity index (χ1n) is 10.5. The fraction of sp³-hybridized carbons (Fsp3) is 0.500. The number of thiazole rings is 1. The summed E-state index contributed by atoms with van der Waals surface area (Å²) < 4.78 is 0. The van der Waals surface area contributed by atoms with Gasteiger partial charge >= 0.3 is 0 Å². The molecule has 1 fully saturated rings. The molecule has 1 aliphatic rings. The molecule has 0 atom stereocenters. The maximum atomic E-state index is 12.1. The van der Waals surface area contributed by atoms with Gasteiger partial charge in [-0.05, 0) is 43.9 Å². The predicted molar refractivity (Wildman–Crippen MR) is 121 cm³/mol. The van der Waals surface area contributed by atoms with Gasteiger partial charge in [0.25, 0.3) is 0 Å². The van der Waals surface area contributed by atoms with E-state index in [9.17, 15) is 4.79 Å². The van der Waals surface area contributed by atoms with Gasteiger partial charge in [-0.3, -0.25) is 4.79 Å². The number of anilines is 1. The molecule has 1 aliphatic heterocycles. The van der Waals surface area contributed by atoms with E-state index in [1.54, 1.807) is 11.3 Å². The normalized spacial score (nSPS) is 14.9. The standard InChI is InChI=1S/C22H31N5OS/c1-3-19-16-25-20(29-19)12-13-24-22(23-4-2)26-15-17-8-10-18(11-9-17)27-14-6-5-7-21(27)28/h8-11,16H,3-7,12-15H2,1-2H3,(H2,23,24,26). The second kappa shape index (κ2) is 11.0. The summed E-state index contributed by atoms with van der Waals surface area (Å²) in [5.74, 6) is 1.04. The number of rotatable bonds is 8. The van der Waals surface area contributed by atoms with E-state index in [1.165, 1.54) is 4.88 Å². The third-order valence-corrected chi connectivity index (χ3v) is 6.12. The highest BCUT2D eigenvalue weighted by Crippen LogP contribution is 2.21. The number of hydrogen-bond donors (Lipinski definition) is 2. The van der Waals surface area contributed by atoms with Crippen molar-refractivity contribution in [2.75, 3.05) is 24.5 Å². The van der Waals surface area contributed by atoms with E-state index in [-0.39, 0.29) is 5.91 Å². The van der Waals surface area contributed by atoms with E-state index >= 15 is 0 Å². The van der Waals surface area contributed by atoms with Crippen molar-refractivity contribution in [3.05, 3.63) is 45.9 Å². The average molecular weight is 414 g/mol. The topological polar surface area (TPSA) is 69.6 Å². The van der Waals surface area contributed by atoms with Gasteiger partial charge in [0.15, 0.2) is 5.96 Å². The summed E-state index contributed by atoms with van der Waals surface area (Å²) in [6.07, 6.45) is 6.65. The van der Waals surface area contributed by atoms with Crippen LogP contribution in [0.25, 0.3) is 0 Å². The van der Waals surface area contributed by atoms with Gasteiger partial charge in [0.05, 0.1) is 11.6 Å². The van der Waals surface area contributed by atoms with Crippen LogP contribution in [0, 0.1) is 0 Å². The summed E-state index contributed by atoms with van der Waals surface area (Å²) in [7, 11) is 0. The van der Waals surface area contributed by atoms with Crippen molar-refractivity contribution >= 4 is 28.9 Å². The summed E-state index contributed by atoms with van der Waals surface area (Å²) in [6.45, 7) is 7.26. The first kappa shape index (κ1) is 21.3. The Balaban J connectivity index is 1.52. The van der Waals surface area contributed by atoms with Crippen LogP contribution in [0.15, 0.2) is 35.5 Å². The molecule has 0 aliphatic carbocycles. The SMILES string of the molecule is CCNC(=NCc1ccc(N2CCCCC2=O)cc1)NCCc1ncc(CC)s1. The number of carbonyl (C=O) groups excluding carboxylic acids is 1. The molecular formula is C22H31N5OS. The van der Waals surface area contributed by atoms with E-state index < -0.39 is 0 Å². The van der Waals surface area contributed by atoms with Crippen LogP contribution >= 0.6 is 11.3 Å². The lowest BCUT2D eigenvalue weighted by molar-refractivity contribution is -0.119. The van der Waals surface area contributed by atoms with Crippen molar-refractivity contribution in [1.82, 2.24) is 15.6 Å². The fourth-order valence-corrected chi connectivity index (χ4v) is 4.15. The molecule has 6 nitrogen and oxygen atoms in total. The number of nitrogens with one attached hydrogen (secondary N) is 2. The minimum atomic E-state index is 0.229. The van der Waals surface area contributed by atoms with Gasteiger partial charge < -0.3 is 15.5 Å². The molecule has 1 saturated heterocycles. The van der Waals surface area contributed by atoms with Gasteiger partial charge in [0.1, 0.15) is 0 Å². The zero-order valence-corrected chi connectivity index (χ0v) is 18.2. The Morgan fingerprint density at radius 2 is 2.03 bits per heavy atom. The van der Waals surface area contributed by atoms with Gasteiger partial charge in [-0.1, -0.05) is 19.1 Å². The molecule has 3 rings (SSSR count). The van der Waals surface area contributed by atoms with Crippen molar-refractivity contribution in [2.45, 2.75) is 52.5 Å². The van der Waals surface area contributed by atoms with Crippen molar-refractivity contribution < 1.29 is 4.79 Å². The Hall–Kier alpha value is -2.41. The van der Waals surface area contributed by atoms with Crippen LogP contribution in [0.3, 0.4) is 0 Å². The van der Waals surface area contributed by atoms with E-state index in [1.807, 2.05) is 23.2 Å². The molecule has 2 heterocycles. The minimum absolute atomic E-state index is 0.229. The number of aromatic nitrogens is 1. The minimum Gasteiger partial charge on any atom is -0.357 e. The molecule has 7 heteroatoms. The van der Waals surface area contributed by atoms with E-state index in [0.717, 1.165) is 67.5 Å². The summed E-state index contributed by atoms with van der Waals surface area (Å²) in [6, 6.07) is 8.18. The molecule has 1 amide bonds. The first-order chi connectivity index (χ1) is 14.2. The Morgan fingerprint density at radius 3 is 2.72 bits per heavy atom. The summed E-state index contributed by atoms with van der Waals surface area (Å²) in [5, 5.41) is 7.84. The Bertz CT molecular complexity index is 815. The number of amides is 1. The fourth-order valence-electron chi connectivity index (χ4n) is 3.29. The highest BCUT2D eigenvalue weighted by atomic mass is 32.1. The van der Waals surface area contributed by atoms with Crippen LogP contribution < -0.4 is 15.5 Å². The van der Waals surface area contributed by atoms with Crippen LogP contribution in [-0.2, 0) is 24.2 Å². The lowest BCUT2D eigenvalue weighted by Gasteiger charge is -2.26. The lowest BCUT2D eigenvalue weighted by Crippen LogP contribution is -2.38. The van der Waals surface area contributed by atoms with Crippen LogP contribution in [0.4, 0.5) is 5.69 Å². The molecule has 1 aromatic heterocycles. The maximum absolute atomic E-state index is 12.1. The summed E-state index contributed by atoms with van der Waals surface area (Å²) in [4.78, 5) is 24.5. The van der Waals surface area contributed by atoms with Crippen molar-refractivity contribution in [1.29, 1.82) is 0 Å². The molecule has 0 radical (unpaired) electrons. The molecule has 156 valence electrons. The maximum Gasteiger partial charge on any atom is 0.226 e. The molecule has 29 heavy (non-hydrogen) atoms. The number of hydrogen-bond acceptors (Lipinski definition) is 4. The van der Waals surface area contributed by atoms with Gasteiger partial charge in [-0.2, -0.15) is 0 Å². The van der Waals surface area contributed by atoms with Crippen LogP contribution in [0.2, 0.25) is 0 Å². The van der Waals surface area contributed by atoms with Gasteiger partial charge in [0.2, 0.25) is 5.91 Å². The largest absolute Gasteiger partial charge is 0.357 e. The molecular weight excluding hydrogens is 382 g/mol. The monoisotopic (exact) mass is 413 g/mol. The number of nitrogens with zero attached hydrogens (tertiary/aromatic N) is 3. The van der Waals surface area contributed by atoms with Gasteiger partial charge in [-0.25, -0.2) is 9.98 Å². The second-order valence-corrected chi connectivity index (χ2v) is 8.31. The molecule has 0 saturated carbocycles. The number of benzene rings is 1. The predicted octanol–water partition coefficient (Wildman–Crippen LogP) is 3.52. The second-order valence-electron chi connectivity index (χ2n) is 7.11. The van der Waals surface area contributed by atoms with Gasteiger partial charge in [0, 0.05) is 49.2 Å². The smallest absolute Gasteiger partial charge is 0.226 e. The number of aryl methyl sites for hydroxylation is 1. The molecule has 0 spiro atoms. The molecule has 0 bridgehead atoms.